The van der Waals surface area contributed by atoms with Crippen LogP contribution in [0, 0.1) is 5.92 Å². The minimum Gasteiger partial charge on any atom is -0.497 e. The van der Waals surface area contributed by atoms with Gasteiger partial charge in [0.25, 0.3) is 0 Å². The molecule has 0 aliphatic carbocycles. The fourth-order valence-electron chi connectivity index (χ4n) is 3.01. The van der Waals surface area contributed by atoms with Crippen molar-refractivity contribution in [3.63, 3.8) is 0 Å². The third-order valence-corrected chi connectivity index (χ3v) is 4.71. The molecule has 146 valence electrons. The fraction of sp³-hybridized carbons (Fsp3) is 0.417. The van der Waals surface area contributed by atoms with Gasteiger partial charge in [-0.25, -0.2) is 0 Å². The first-order valence-electron chi connectivity index (χ1n) is 9.63. The lowest BCUT2D eigenvalue weighted by atomic mass is 9.97. The second-order valence-electron chi connectivity index (χ2n) is 7.06. The smallest absolute Gasteiger partial charge is 0.118 e. The number of hydrogen-bond acceptors (Lipinski definition) is 3. The standard InChI is InChI=1S/C24H32O3/c1-5-9-19(2)16-24(20(3)26-17-21-10-7-6-8-11-21)27-18-22-12-14-23(25-4)15-13-22/h5-8,10-15,19-20,24H,1,9,16-18H2,2-4H3/t19-,20+,24+/m0/s1. The van der Waals surface area contributed by atoms with E-state index in [9.17, 15) is 0 Å². The molecule has 0 aliphatic rings. The van der Waals surface area contributed by atoms with Crippen molar-refractivity contribution in [1.82, 2.24) is 0 Å². The van der Waals surface area contributed by atoms with E-state index in [-0.39, 0.29) is 12.2 Å². The second kappa shape index (κ2) is 11.6. The Balaban J connectivity index is 1.94. The van der Waals surface area contributed by atoms with Gasteiger partial charge in [0.2, 0.25) is 0 Å². The molecule has 0 amide bonds. The maximum atomic E-state index is 6.27. The largest absolute Gasteiger partial charge is 0.497 e. The first-order chi connectivity index (χ1) is 13.1. The van der Waals surface area contributed by atoms with Crippen LogP contribution in [-0.2, 0) is 22.7 Å². The van der Waals surface area contributed by atoms with Crippen molar-refractivity contribution in [2.45, 2.75) is 52.1 Å². The Morgan fingerprint density at radius 2 is 1.52 bits per heavy atom. The predicted octanol–water partition coefficient (Wildman–Crippen LogP) is 5.79. The average molecular weight is 369 g/mol. The quantitative estimate of drug-likeness (QED) is 0.444. The Morgan fingerprint density at radius 3 is 2.15 bits per heavy atom. The summed E-state index contributed by atoms with van der Waals surface area (Å²) in [5.74, 6) is 1.36. The minimum absolute atomic E-state index is 0.00993. The summed E-state index contributed by atoms with van der Waals surface area (Å²) in [5, 5.41) is 0. The molecule has 0 saturated carbocycles. The molecule has 0 spiro atoms. The van der Waals surface area contributed by atoms with E-state index in [1.807, 2.05) is 48.5 Å². The summed E-state index contributed by atoms with van der Waals surface area (Å²) in [5.41, 5.74) is 2.31. The van der Waals surface area contributed by atoms with Crippen molar-refractivity contribution in [2.75, 3.05) is 7.11 Å². The molecule has 2 aromatic rings. The van der Waals surface area contributed by atoms with Gasteiger partial charge in [0.1, 0.15) is 5.75 Å². The van der Waals surface area contributed by atoms with E-state index in [1.165, 1.54) is 5.56 Å². The van der Waals surface area contributed by atoms with Crippen LogP contribution in [0.25, 0.3) is 0 Å². The molecule has 27 heavy (non-hydrogen) atoms. The summed E-state index contributed by atoms with van der Waals surface area (Å²) in [6.45, 7) is 9.35. The third kappa shape index (κ3) is 7.58. The highest BCUT2D eigenvalue weighted by Gasteiger charge is 2.21. The van der Waals surface area contributed by atoms with Gasteiger partial charge in [-0.3, -0.25) is 0 Å². The van der Waals surface area contributed by atoms with E-state index in [2.05, 4.69) is 32.6 Å². The van der Waals surface area contributed by atoms with Gasteiger partial charge in [0.15, 0.2) is 0 Å². The Morgan fingerprint density at radius 1 is 0.889 bits per heavy atom. The van der Waals surface area contributed by atoms with Gasteiger partial charge >= 0.3 is 0 Å². The summed E-state index contributed by atoms with van der Waals surface area (Å²) in [6.07, 6.45) is 3.94. The summed E-state index contributed by atoms with van der Waals surface area (Å²) in [6, 6.07) is 18.3. The summed E-state index contributed by atoms with van der Waals surface area (Å²) in [7, 11) is 1.67. The Hall–Kier alpha value is -2.10. The molecule has 0 unspecified atom stereocenters. The molecule has 3 nitrogen and oxygen atoms in total. The average Bonchev–Trinajstić information content (AvgIpc) is 2.70. The maximum absolute atomic E-state index is 6.27. The first-order valence-corrected chi connectivity index (χ1v) is 9.63. The summed E-state index contributed by atoms with van der Waals surface area (Å²) in [4.78, 5) is 0. The highest BCUT2D eigenvalue weighted by molar-refractivity contribution is 5.26. The van der Waals surface area contributed by atoms with Gasteiger partial charge in [0.05, 0.1) is 32.5 Å². The van der Waals surface area contributed by atoms with Gasteiger partial charge in [-0.05, 0) is 48.9 Å². The van der Waals surface area contributed by atoms with Crippen LogP contribution in [0.4, 0.5) is 0 Å². The van der Waals surface area contributed by atoms with Crippen LogP contribution < -0.4 is 4.74 Å². The molecule has 0 bridgehead atoms. The fourth-order valence-corrected chi connectivity index (χ4v) is 3.01. The molecule has 0 aromatic heterocycles. The molecule has 0 N–H and O–H groups in total. The number of ether oxygens (including phenoxy) is 3. The molecule has 0 heterocycles. The topological polar surface area (TPSA) is 27.7 Å². The van der Waals surface area contributed by atoms with Crippen LogP contribution >= 0.6 is 0 Å². The summed E-state index contributed by atoms with van der Waals surface area (Å²) >= 11 is 0. The van der Waals surface area contributed by atoms with Gasteiger partial charge in [-0.1, -0.05) is 55.5 Å². The van der Waals surface area contributed by atoms with Crippen molar-refractivity contribution >= 4 is 0 Å². The van der Waals surface area contributed by atoms with Gasteiger partial charge in [-0.15, -0.1) is 6.58 Å². The number of allylic oxidation sites excluding steroid dienone is 1. The molecule has 0 aliphatic heterocycles. The number of benzene rings is 2. The minimum atomic E-state index is 0.00993. The highest BCUT2D eigenvalue weighted by atomic mass is 16.5. The van der Waals surface area contributed by atoms with Crippen LogP contribution in [0.1, 0.15) is 37.8 Å². The van der Waals surface area contributed by atoms with E-state index in [1.54, 1.807) is 7.11 Å². The first kappa shape index (κ1) is 21.2. The lowest BCUT2D eigenvalue weighted by Gasteiger charge is -2.27. The van der Waals surface area contributed by atoms with Crippen molar-refractivity contribution in [3.8, 4) is 5.75 Å². The lowest BCUT2D eigenvalue weighted by molar-refractivity contribution is -0.0852. The van der Waals surface area contributed by atoms with Gasteiger partial charge in [-0.2, -0.15) is 0 Å². The van der Waals surface area contributed by atoms with Crippen molar-refractivity contribution < 1.29 is 14.2 Å². The van der Waals surface area contributed by atoms with E-state index in [0.29, 0.717) is 19.1 Å². The van der Waals surface area contributed by atoms with E-state index in [4.69, 9.17) is 14.2 Å². The van der Waals surface area contributed by atoms with Crippen LogP contribution in [0.5, 0.6) is 5.75 Å². The zero-order chi connectivity index (χ0) is 19.5. The zero-order valence-corrected chi connectivity index (χ0v) is 16.8. The maximum Gasteiger partial charge on any atom is 0.118 e. The van der Waals surface area contributed by atoms with Crippen molar-refractivity contribution in [2.24, 2.45) is 5.92 Å². The van der Waals surface area contributed by atoms with Crippen molar-refractivity contribution in [3.05, 3.63) is 78.4 Å². The number of rotatable bonds is 12. The van der Waals surface area contributed by atoms with E-state index in [0.717, 1.165) is 24.2 Å². The summed E-state index contributed by atoms with van der Waals surface area (Å²) < 4.78 is 17.6. The SMILES string of the molecule is C=CC[C@H](C)C[C@@H](OCc1ccc(OC)cc1)[C@@H](C)OCc1ccccc1. The van der Waals surface area contributed by atoms with Crippen LogP contribution in [0.3, 0.4) is 0 Å². The molecule has 0 radical (unpaired) electrons. The van der Waals surface area contributed by atoms with Crippen molar-refractivity contribution in [1.29, 1.82) is 0 Å². The van der Waals surface area contributed by atoms with Crippen LogP contribution in [0.15, 0.2) is 67.3 Å². The van der Waals surface area contributed by atoms with Crippen LogP contribution in [-0.4, -0.2) is 19.3 Å². The van der Waals surface area contributed by atoms with Gasteiger partial charge in [0, 0.05) is 0 Å². The molecule has 0 saturated heterocycles. The van der Waals surface area contributed by atoms with Crippen LogP contribution in [0.2, 0.25) is 0 Å². The third-order valence-electron chi connectivity index (χ3n) is 4.71. The van der Waals surface area contributed by atoms with E-state index < -0.39 is 0 Å². The molecule has 0 fully saturated rings. The molecule has 2 rings (SSSR count). The molecule has 2 aromatic carbocycles. The Kier molecular flexibility index (Phi) is 9.09. The zero-order valence-electron chi connectivity index (χ0n) is 16.8. The Labute approximate surface area is 164 Å². The van der Waals surface area contributed by atoms with E-state index >= 15 is 0 Å². The normalized spacial score (nSPS) is 14.3. The lowest BCUT2D eigenvalue weighted by Crippen LogP contribution is -2.31. The monoisotopic (exact) mass is 368 g/mol. The molecule has 3 heteroatoms. The number of methoxy groups -OCH3 is 1. The van der Waals surface area contributed by atoms with Gasteiger partial charge < -0.3 is 14.2 Å². The molecule has 3 atom stereocenters. The highest BCUT2D eigenvalue weighted by Crippen LogP contribution is 2.21. The predicted molar refractivity (Wildman–Crippen MR) is 111 cm³/mol. The number of hydrogen-bond donors (Lipinski definition) is 0. The Bertz CT molecular complexity index is 651. The molecular formula is C24H32O3. The molecular weight excluding hydrogens is 336 g/mol. The second-order valence-corrected chi connectivity index (χ2v) is 7.06.